The number of nitrogens with zero attached hydrogens (tertiary/aromatic N) is 1. The monoisotopic (exact) mass is 281 g/mol. The van der Waals surface area contributed by atoms with Crippen LogP contribution in [0.25, 0.3) is 10.1 Å². The first kappa shape index (κ1) is 10.1. The molecule has 0 saturated carbocycles. The highest BCUT2D eigenvalue weighted by molar-refractivity contribution is 9.10. The summed E-state index contributed by atoms with van der Waals surface area (Å²) in [7, 11) is 0. The molecule has 0 fully saturated rings. The highest BCUT2D eigenvalue weighted by Crippen LogP contribution is 2.31. The molecule has 1 N–H and O–H groups in total. The molecule has 0 aliphatic carbocycles. The van der Waals surface area contributed by atoms with Crippen molar-refractivity contribution in [2.75, 3.05) is 0 Å². The predicted molar refractivity (Wildman–Crippen MR) is 61.2 cm³/mol. The Balaban J connectivity index is 2.81. The van der Waals surface area contributed by atoms with Gasteiger partial charge in [-0.25, -0.2) is 4.79 Å². The minimum Gasteiger partial charge on any atom is -0.477 e. The number of aromatic carboxylic acids is 1. The Bertz CT molecular complexity index is 597. The lowest BCUT2D eigenvalue weighted by atomic mass is 10.2. The fourth-order valence-electron chi connectivity index (χ4n) is 1.30. The number of halogens is 1. The Labute approximate surface area is 97.7 Å². The van der Waals surface area contributed by atoms with E-state index in [2.05, 4.69) is 22.0 Å². The number of carbonyl (C=O) groups is 1. The number of thiophene rings is 1. The maximum atomic E-state index is 10.8. The Morgan fingerprint density at radius 3 is 2.80 bits per heavy atom. The van der Waals surface area contributed by atoms with Crippen LogP contribution in [0.3, 0.4) is 0 Å². The number of carboxylic acids is 1. The number of hydrogen-bond donors (Lipinski definition) is 1. The molecule has 0 unspecified atom stereocenters. The second-order valence-corrected chi connectivity index (χ2v) is 4.87. The third-order valence-electron chi connectivity index (χ3n) is 1.91. The van der Waals surface area contributed by atoms with Crippen LogP contribution in [-0.4, -0.2) is 11.1 Å². The fraction of sp³-hybridized carbons (Fsp3) is 0. The van der Waals surface area contributed by atoms with Crippen LogP contribution >= 0.6 is 27.3 Å². The predicted octanol–water partition coefficient (Wildman–Crippen LogP) is 3.23. The first-order valence-corrected chi connectivity index (χ1v) is 5.59. The van der Waals surface area contributed by atoms with Gasteiger partial charge in [0.05, 0.1) is 10.3 Å². The molecule has 1 aromatic heterocycles. The van der Waals surface area contributed by atoms with Gasteiger partial charge in [-0.2, -0.15) is 5.26 Å². The van der Waals surface area contributed by atoms with Gasteiger partial charge in [0, 0.05) is 4.47 Å². The summed E-state index contributed by atoms with van der Waals surface area (Å²) in [5, 5.41) is 18.5. The Morgan fingerprint density at radius 2 is 2.20 bits per heavy atom. The van der Waals surface area contributed by atoms with E-state index in [-0.39, 0.29) is 4.88 Å². The Kier molecular flexibility index (Phi) is 2.47. The fourth-order valence-corrected chi connectivity index (χ4v) is 2.72. The number of rotatable bonds is 1. The average molecular weight is 282 g/mol. The van der Waals surface area contributed by atoms with Gasteiger partial charge < -0.3 is 5.11 Å². The van der Waals surface area contributed by atoms with Crippen molar-refractivity contribution in [3.8, 4) is 6.07 Å². The van der Waals surface area contributed by atoms with Gasteiger partial charge in [0.25, 0.3) is 0 Å². The van der Waals surface area contributed by atoms with Gasteiger partial charge in [0.2, 0.25) is 0 Å². The molecule has 2 rings (SSSR count). The van der Waals surface area contributed by atoms with Gasteiger partial charge in [0.15, 0.2) is 0 Å². The molecule has 0 saturated heterocycles. The SMILES string of the molecule is N#Cc1cc(Br)cc2cc(C(=O)O)sc12. The van der Waals surface area contributed by atoms with Crippen molar-refractivity contribution in [1.29, 1.82) is 5.26 Å². The lowest BCUT2D eigenvalue weighted by Gasteiger charge is -1.93. The van der Waals surface area contributed by atoms with Gasteiger partial charge in [-0.15, -0.1) is 11.3 Å². The molecule has 1 aromatic carbocycles. The molecule has 0 aliphatic rings. The number of benzene rings is 1. The highest BCUT2D eigenvalue weighted by Gasteiger charge is 2.11. The van der Waals surface area contributed by atoms with E-state index < -0.39 is 5.97 Å². The Morgan fingerprint density at radius 1 is 1.47 bits per heavy atom. The molecule has 0 bridgehead atoms. The van der Waals surface area contributed by atoms with E-state index in [1.54, 1.807) is 18.2 Å². The number of carboxylic acid groups (broad SMARTS) is 1. The molecule has 74 valence electrons. The molecule has 1 heterocycles. The van der Waals surface area contributed by atoms with Crippen LogP contribution < -0.4 is 0 Å². The van der Waals surface area contributed by atoms with Crippen LogP contribution in [0.15, 0.2) is 22.7 Å². The molecule has 2 aromatic rings. The van der Waals surface area contributed by atoms with Gasteiger partial charge in [-0.05, 0) is 23.6 Å². The molecule has 5 heteroatoms. The van der Waals surface area contributed by atoms with Crippen molar-refractivity contribution in [2.24, 2.45) is 0 Å². The molecule has 3 nitrogen and oxygen atoms in total. The van der Waals surface area contributed by atoms with Gasteiger partial charge >= 0.3 is 5.97 Å². The second kappa shape index (κ2) is 3.65. The zero-order valence-corrected chi connectivity index (χ0v) is 9.72. The summed E-state index contributed by atoms with van der Waals surface area (Å²) in [6.07, 6.45) is 0. The van der Waals surface area contributed by atoms with E-state index >= 15 is 0 Å². The molecule has 0 radical (unpaired) electrons. The zero-order chi connectivity index (χ0) is 11.0. The minimum atomic E-state index is -0.962. The second-order valence-electron chi connectivity index (χ2n) is 2.90. The molecule has 0 atom stereocenters. The van der Waals surface area contributed by atoms with Crippen molar-refractivity contribution in [1.82, 2.24) is 0 Å². The van der Waals surface area contributed by atoms with Gasteiger partial charge in [0.1, 0.15) is 10.9 Å². The smallest absolute Gasteiger partial charge is 0.345 e. The number of fused-ring (bicyclic) bond motifs is 1. The van der Waals surface area contributed by atoms with E-state index in [0.29, 0.717) is 5.56 Å². The van der Waals surface area contributed by atoms with E-state index in [1.165, 1.54) is 0 Å². The average Bonchev–Trinajstić information content (AvgIpc) is 2.59. The van der Waals surface area contributed by atoms with Crippen molar-refractivity contribution in [3.05, 3.63) is 33.1 Å². The van der Waals surface area contributed by atoms with Crippen LogP contribution in [0.5, 0.6) is 0 Å². The summed E-state index contributed by atoms with van der Waals surface area (Å²) in [5.41, 5.74) is 0.497. The normalized spacial score (nSPS) is 10.1. The summed E-state index contributed by atoms with van der Waals surface area (Å²) in [5.74, 6) is -0.962. The molecule has 0 aliphatic heterocycles. The zero-order valence-electron chi connectivity index (χ0n) is 7.32. The topological polar surface area (TPSA) is 61.1 Å². The quantitative estimate of drug-likeness (QED) is 0.873. The molecule has 15 heavy (non-hydrogen) atoms. The van der Waals surface area contributed by atoms with E-state index in [1.807, 2.05) is 0 Å². The Hall–Kier alpha value is -1.38. The van der Waals surface area contributed by atoms with Crippen molar-refractivity contribution in [2.45, 2.75) is 0 Å². The third kappa shape index (κ3) is 1.74. The number of nitriles is 1. The first-order valence-electron chi connectivity index (χ1n) is 3.98. The van der Waals surface area contributed by atoms with Gasteiger partial charge in [-0.1, -0.05) is 15.9 Å². The highest BCUT2D eigenvalue weighted by atomic mass is 79.9. The minimum absolute atomic E-state index is 0.250. The first-order chi connectivity index (χ1) is 7.11. The maximum absolute atomic E-state index is 10.8. The van der Waals surface area contributed by atoms with Crippen LogP contribution in [0.4, 0.5) is 0 Å². The van der Waals surface area contributed by atoms with Crippen LogP contribution in [-0.2, 0) is 0 Å². The van der Waals surface area contributed by atoms with Crippen LogP contribution in [0.2, 0.25) is 0 Å². The third-order valence-corrected chi connectivity index (χ3v) is 3.54. The van der Waals surface area contributed by atoms with Gasteiger partial charge in [-0.3, -0.25) is 0 Å². The van der Waals surface area contributed by atoms with Crippen molar-refractivity contribution >= 4 is 43.3 Å². The summed E-state index contributed by atoms with van der Waals surface area (Å²) in [6, 6.07) is 7.12. The summed E-state index contributed by atoms with van der Waals surface area (Å²) in [4.78, 5) is 11.0. The largest absolute Gasteiger partial charge is 0.477 e. The summed E-state index contributed by atoms with van der Waals surface area (Å²) in [6.45, 7) is 0. The molecular formula is C10H4BrNO2S. The van der Waals surface area contributed by atoms with Crippen molar-refractivity contribution < 1.29 is 9.90 Å². The lowest BCUT2D eigenvalue weighted by molar-refractivity contribution is 0.0702. The van der Waals surface area contributed by atoms with Crippen LogP contribution in [0.1, 0.15) is 15.2 Å². The lowest BCUT2D eigenvalue weighted by Crippen LogP contribution is -1.89. The molecular weight excluding hydrogens is 278 g/mol. The van der Waals surface area contributed by atoms with Crippen molar-refractivity contribution in [3.63, 3.8) is 0 Å². The standard InChI is InChI=1S/C10H4BrNO2S/c11-7-1-5-3-8(10(13)14)15-9(5)6(2-7)4-12/h1-3H,(H,13,14). The number of hydrogen-bond acceptors (Lipinski definition) is 3. The molecule has 0 spiro atoms. The summed E-state index contributed by atoms with van der Waals surface area (Å²) < 4.78 is 1.50. The maximum Gasteiger partial charge on any atom is 0.345 e. The summed E-state index contributed by atoms with van der Waals surface area (Å²) >= 11 is 4.40. The van der Waals surface area contributed by atoms with E-state index in [4.69, 9.17) is 10.4 Å². The molecule has 0 amide bonds. The van der Waals surface area contributed by atoms with E-state index in [9.17, 15) is 4.79 Å². The van der Waals surface area contributed by atoms with Crippen LogP contribution in [0, 0.1) is 11.3 Å². The van der Waals surface area contributed by atoms with E-state index in [0.717, 1.165) is 25.9 Å².